The second-order valence-electron chi connectivity index (χ2n) is 14.9. The first kappa shape index (κ1) is 36.0. The molecule has 60 heavy (non-hydrogen) atoms. The Kier molecular flexibility index (Phi) is 9.10. The normalized spacial score (nSPS) is 11.1. The number of hydrogen-bond acceptors (Lipinski definition) is 3. The Morgan fingerprint density at radius 3 is 1.80 bits per heavy atom. The Morgan fingerprint density at radius 2 is 1.08 bits per heavy atom. The SMILES string of the molecule is [C-]#[N+]c1cccc(-c2cc(-c3cc(-c4ccccc4)nc(-c4ccccc4)n3)cc(-c3cccc(C#N)c3)c2-n2c3ccccc3c3cc(-c4ccc(C)cc4)ccc32)c1. The van der Waals surface area contributed by atoms with Gasteiger partial charge in [-0.15, -0.1) is 0 Å². The van der Waals surface area contributed by atoms with E-state index in [2.05, 4.69) is 132 Å². The van der Waals surface area contributed by atoms with Gasteiger partial charge in [-0.05, 0) is 83.8 Å². The van der Waals surface area contributed by atoms with Gasteiger partial charge in [0.05, 0.1) is 46.3 Å². The fourth-order valence-electron chi connectivity index (χ4n) is 8.17. The number of aromatic nitrogens is 3. The lowest BCUT2D eigenvalue weighted by Crippen LogP contribution is -2.03. The zero-order valence-electron chi connectivity index (χ0n) is 32.7. The van der Waals surface area contributed by atoms with Crippen molar-refractivity contribution < 1.29 is 0 Å². The van der Waals surface area contributed by atoms with Crippen molar-refractivity contribution in [1.29, 1.82) is 5.26 Å². The Hall–Kier alpha value is -8.38. The van der Waals surface area contributed by atoms with Crippen LogP contribution in [0.2, 0.25) is 0 Å². The molecule has 10 aromatic rings. The highest BCUT2D eigenvalue weighted by atomic mass is 15.0. The number of rotatable bonds is 7. The lowest BCUT2D eigenvalue weighted by molar-refractivity contribution is 1.17. The molecule has 2 aromatic heterocycles. The number of fused-ring (bicyclic) bond motifs is 3. The molecule has 280 valence electrons. The highest BCUT2D eigenvalue weighted by molar-refractivity contribution is 6.12. The summed E-state index contributed by atoms with van der Waals surface area (Å²) in [5.74, 6) is 0.618. The molecule has 0 amide bonds. The van der Waals surface area contributed by atoms with Crippen LogP contribution in [0.4, 0.5) is 5.69 Å². The molecule has 0 aliphatic rings. The van der Waals surface area contributed by atoms with E-state index in [4.69, 9.17) is 16.5 Å². The Balaban J connectivity index is 1.33. The largest absolute Gasteiger partial charge is 0.308 e. The van der Waals surface area contributed by atoms with Gasteiger partial charge in [-0.1, -0.05) is 145 Å². The summed E-state index contributed by atoms with van der Waals surface area (Å²) in [6.07, 6.45) is 0. The molecule has 0 N–H and O–H groups in total. The van der Waals surface area contributed by atoms with Crippen LogP contribution in [0.25, 0.3) is 99.6 Å². The molecule has 0 spiro atoms. The van der Waals surface area contributed by atoms with Crippen molar-refractivity contribution in [2.45, 2.75) is 6.92 Å². The third kappa shape index (κ3) is 6.57. The topological polar surface area (TPSA) is 58.9 Å². The van der Waals surface area contributed by atoms with Crippen LogP contribution in [-0.2, 0) is 0 Å². The molecule has 0 aliphatic carbocycles. The van der Waals surface area contributed by atoms with Gasteiger partial charge in [0.2, 0.25) is 0 Å². The minimum Gasteiger partial charge on any atom is -0.308 e. The van der Waals surface area contributed by atoms with E-state index in [1.54, 1.807) is 0 Å². The molecule has 10 rings (SSSR count). The summed E-state index contributed by atoms with van der Waals surface area (Å²) in [6.45, 7) is 10.1. The van der Waals surface area contributed by atoms with Crippen molar-refractivity contribution >= 4 is 27.5 Å². The molecule has 0 saturated carbocycles. The maximum Gasteiger partial charge on any atom is 0.187 e. The van der Waals surface area contributed by atoms with Gasteiger partial charge in [0.25, 0.3) is 0 Å². The second kappa shape index (κ2) is 15.2. The van der Waals surface area contributed by atoms with E-state index >= 15 is 0 Å². The van der Waals surface area contributed by atoms with Crippen LogP contribution < -0.4 is 0 Å². The summed E-state index contributed by atoms with van der Waals surface area (Å²) in [5, 5.41) is 12.4. The van der Waals surface area contributed by atoms with Crippen molar-refractivity contribution in [2.75, 3.05) is 0 Å². The molecule has 0 atom stereocenters. The minimum absolute atomic E-state index is 0.543. The lowest BCUT2D eigenvalue weighted by atomic mass is 9.91. The number of para-hydroxylation sites is 1. The molecule has 0 radical (unpaired) electrons. The Bertz CT molecular complexity index is 3200. The smallest absolute Gasteiger partial charge is 0.187 e. The molecule has 0 unspecified atom stereocenters. The summed E-state index contributed by atoms with van der Waals surface area (Å²) in [6, 6.07) is 68.6. The zero-order chi connectivity index (χ0) is 40.6. The van der Waals surface area contributed by atoms with Crippen LogP contribution in [-0.4, -0.2) is 14.5 Å². The van der Waals surface area contributed by atoms with Gasteiger partial charge in [0, 0.05) is 38.6 Å². The van der Waals surface area contributed by atoms with Gasteiger partial charge in [0.15, 0.2) is 11.5 Å². The number of aryl methyl sites for hydroxylation is 1. The molecular formula is C55H35N5. The van der Waals surface area contributed by atoms with Gasteiger partial charge in [-0.25, -0.2) is 14.8 Å². The fourth-order valence-corrected chi connectivity index (χ4v) is 8.17. The quantitative estimate of drug-likeness (QED) is 0.152. The number of nitrogens with zero attached hydrogens (tertiary/aromatic N) is 5. The highest BCUT2D eigenvalue weighted by Crippen LogP contribution is 2.45. The monoisotopic (exact) mass is 765 g/mol. The van der Waals surface area contributed by atoms with Crippen LogP contribution >= 0.6 is 0 Å². The van der Waals surface area contributed by atoms with Crippen molar-refractivity contribution in [3.8, 4) is 79.0 Å². The maximum atomic E-state index is 10.2. The molecule has 2 heterocycles. The standard InChI is InChI=1S/C55H35N5/c1-36-23-25-38(26-24-36)41-27-28-53-49(31-41)46-21-9-10-22-52(46)60(53)54-47(42-18-11-13-37(29-42)35-56)32-44(33-48(54)43-19-12-20-45(30-43)57-2)51-34-50(39-14-5-3-6-15-39)58-55(59-51)40-16-7-4-8-17-40/h3-34H,1H3. The van der Waals surface area contributed by atoms with Crippen LogP contribution in [0.5, 0.6) is 0 Å². The van der Waals surface area contributed by atoms with Gasteiger partial charge in [-0.2, -0.15) is 5.26 Å². The van der Waals surface area contributed by atoms with Gasteiger partial charge in [0.1, 0.15) is 0 Å². The lowest BCUT2D eigenvalue weighted by Gasteiger charge is -2.21. The summed E-state index contributed by atoms with van der Waals surface area (Å²) >= 11 is 0. The van der Waals surface area contributed by atoms with Crippen LogP contribution in [0.15, 0.2) is 194 Å². The van der Waals surface area contributed by atoms with E-state index in [1.807, 2.05) is 84.9 Å². The van der Waals surface area contributed by atoms with E-state index < -0.39 is 0 Å². The molecule has 5 heteroatoms. The Morgan fingerprint density at radius 1 is 0.483 bits per heavy atom. The molecule has 8 aromatic carbocycles. The number of hydrogen-bond donors (Lipinski definition) is 0. The zero-order valence-corrected chi connectivity index (χ0v) is 32.7. The van der Waals surface area contributed by atoms with E-state index in [0.717, 1.165) is 89.0 Å². The van der Waals surface area contributed by atoms with E-state index in [9.17, 15) is 5.26 Å². The minimum atomic E-state index is 0.543. The van der Waals surface area contributed by atoms with Gasteiger partial charge >= 0.3 is 0 Å². The van der Waals surface area contributed by atoms with Crippen LogP contribution in [0.3, 0.4) is 0 Å². The average molecular weight is 766 g/mol. The predicted molar refractivity (Wildman–Crippen MR) is 245 cm³/mol. The average Bonchev–Trinajstić information content (AvgIpc) is 3.65. The van der Waals surface area contributed by atoms with E-state index in [0.29, 0.717) is 17.1 Å². The molecule has 0 fully saturated rings. The third-order valence-electron chi connectivity index (χ3n) is 11.1. The van der Waals surface area contributed by atoms with E-state index in [1.165, 1.54) is 5.56 Å². The first-order valence-electron chi connectivity index (χ1n) is 19.8. The molecular weight excluding hydrogens is 731 g/mol. The Labute approximate surface area is 348 Å². The molecule has 0 saturated heterocycles. The predicted octanol–water partition coefficient (Wildman–Crippen LogP) is 14.3. The summed E-state index contributed by atoms with van der Waals surface area (Å²) in [5.41, 5.74) is 15.6. The molecule has 0 aliphatic heterocycles. The van der Waals surface area contributed by atoms with Crippen molar-refractivity contribution in [1.82, 2.24) is 14.5 Å². The first-order chi connectivity index (χ1) is 29.5. The van der Waals surface area contributed by atoms with Crippen LogP contribution in [0, 0.1) is 24.8 Å². The van der Waals surface area contributed by atoms with Crippen molar-refractivity contribution in [3.63, 3.8) is 0 Å². The fraction of sp³-hybridized carbons (Fsp3) is 0.0182. The number of nitriles is 1. The van der Waals surface area contributed by atoms with Crippen molar-refractivity contribution in [3.05, 3.63) is 217 Å². The molecule has 0 bridgehead atoms. The van der Waals surface area contributed by atoms with E-state index in [-0.39, 0.29) is 0 Å². The number of benzene rings is 8. The molecule has 5 nitrogen and oxygen atoms in total. The van der Waals surface area contributed by atoms with Gasteiger partial charge < -0.3 is 4.57 Å². The second-order valence-corrected chi connectivity index (χ2v) is 14.9. The summed E-state index contributed by atoms with van der Waals surface area (Å²) in [4.78, 5) is 14.2. The third-order valence-corrected chi connectivity index (χ3v) is 11.1. The van der Waals surface area contributed by atoms with Crippen molar-refractivity contribution in [2.24, 2.45) is 0 Å². The van der Waals surface area contributed by atoms with Crippen LogP contribution in [0.1, 0.15) is 11.1 Å². The summed E-state index contributed by atoms with van der Waals surface area (Å²) in [7, 11) is 0. The first-order valence-corrected chi connectivity index (χ1v) is 19.8. The van der Waals surface area contributed by atoms with Gasteiger partial charge in [-0.3, -0.25) is 0 Å². The highest BCUT2D eigenvalue weighted by Gasteiger charge is 2.23. The maximum absolute atomic E-state index is 10.2. The summed E-state index contributed by atoms with van der Waals surface area (Å²) < 4.78 is 2.35.